The van der Waals surface area contributed by atoms with Gasteiger partial charge in [-0.05, 0) is 69.5 Å². The Morgan fingerprint density at radius 2 is 1.97 bits per heavy atom. The minimum absolute atomic E-state index is 0.104. The van der Waals surface area contributed by atoms with Crippen molar-refractivity contribution in [2.75, 3.05) is 13.1 Å². The lowest BCUT2D eigenvalue weighted by Crippen LogP contribution is -2.40. The molecule has 0 fully saturated rings. The summed E-state index contributed by atoms with van der Waals surface area (Å²) in [5.41, 5.74) is 1.07. The largest absolute Gasteiger partial charge is 0.476 e. The van der Waals surface area contributed by atoms with Crippen molar-refractivity contribution in [3.05, 3.63) is 60.1 Å². The lowest BCUT2D eigenvalue weighted by atomic mass is 9.99. The van der Waals surface area contributed by atoms with Gasteiger partial charge >= 0.3 is 5.97 Å². The van der Waals surface area contributed by atoms with Crippen molar-refractivity contribution in [1.29, 1.82) is 0 Å². The smallest absolute Gasteiger partial charge is 0.350 e. The molecule has 0 spiro atoms. The molecule has 0 bridgehead atoms. The van der Waals surface area contributed by atoms with E-state index in [1.807, 2.05) is 44.2 Å². The predicted octanol–water partition coefficient (Wildman–Crippen LogP) is 4.32. The van der Waals surface area contributed by atoms with Crippen molar-refractivity contribution in [1.82, 2.24) is 4.90 Å². The van der Waals surface area contributed by atoms with Gasteiger partial charge in [0, 0.05) is 13.1 Å². The van der Waals surface area contributed by atoms with E-state index in [0.717, 1.165) is 17.6 Å². The molecule has 0 saturated carbocycles. The Kier molecular flexibility index (Phi) is 6.11. The lowest BCUT2D eigenvalue weighted by Gasteiger charge is -2.27. The average Bonchev–Trinajstić information content (AvgIpc) is 3.22. The number of benzene rings is 1. The van der Waals surface area contributed by atoms with Crippen LogP contribution in [0.1, 0.15) is 50.2 Å². The van der Waals surface area contributed by atoms with Crippen LogP contribution in [0.2, 0.25) is 0 Å². The van der Waals surface area contributed by atoms with Crippen LogP contribution in [0.25, 0.3) is 5.57 Å². The standard InChI is InChI=1S/C23H27NO5/c1-16(2)28-22(26)23(3,4)29-19-8-5-7-18(15-19)17-10-12-24(13-11-17)21(25)20-9-6-14-27-20/h5-10,14-16H,11-13H2,1-4H3. The summed E-state index contributed by atoms with van der Waals surface area (Å²) in [7, 11) is 0. The number of amides is 1. The Balaban J connectivity index is 1.68. The fourth-order valence-electron chi connectivity index (χ4n) is 3.12. The third kappa shape index (κ3) is 5.08. The molecule has 2 heterocycles. The molecule has 154 valence electrons. The van der Waals surface area contributed by atoms with Crippen LogP contribution in [0.3, 0.4) is 0 Å². The zero-order chi connectivity index (χ0) is 21.0. The maximum absolute atomic E-state index is 12.4. The number of esters is 1. The minimum Gasteiger partial charge on any atom is -0.476 e. The molecule has 1 aromatic heterocycles. The molecule has 6 nitrogen and oxygen atoms in total. The van der Waals surface area contributed by atoms with Crippen molar-refractivity contribution < 1.29 is 23.5 Å². The van der Waals surface area contributed by atoms with Gasteiger partial charge < -0.3 is 18.8 Å². The molecule has 0 radical (unpaired) electrons. The maximum Gasteiger partial charge on any atom is 0.350 e. The highest BCUT2D eigenvalue weighted by atomic mass is 16.6. The number of hydrogen-bond acceptors (Lipinski definition) is 5. The van der Waals surface area contributed by atoms with Gasteiger partial charge in [-0.3, -0.25) is 4.79 Å². The Labute approximate surface area is 171 Å². The molecule has 3 rings (SSSR count). The number of hydrogen-bond donors (Lipinski definition) is 0. The van der Waals surface area contributed by atoms with E-state index in [-0.39, 0.29) is 12.0 Å². The van der Waals surface area contributed by atoms with Gasteiger partial charge in [0.1, 0.15) is 5.75 Å². The summed E-state index contributed by atoms with van der Waals surface area (Å²) < 4.78 is 16.4. The Bertz CT molecular complexity index is 896. The molecular weight excluding hydrogens is 370 g/mol. The molecule has 0 atom stereocenters. The van der Waals surface area contributed by atoms with Gasteiger partial charge in [-0.1, -0.05) is 18.2 Å². The zero-order valence-corrected chi connectivity index (χ0v) is 17.3. The second-order valence-electron chi connectivity index (χ2n) is 7.80. The van der Waals surface area contributed by atoms with Crippen LogP contribution in [-0.4, -0.2) is 41.6 Å². The van der Waals surface area contributed by atoms with Crippen molar-refractivity contribution in [3.8, 4) is 5.75 Å². The van der Waals surface area contributed by atoms with Crippen LogP contribution < -0.4 is 4.74 Å². The number of rotatable bonds is 6. The fourth-order valence-corrected chi connectivity index (χ4v) is 3.12. The first kappa shape index (κ1) is 20.7. The van der Waals surface area contributed by atoms with E-state index in [2.05, 4.69) is 0 Å². The second-order valence-corrected chi connectivity index (χ2v) is 7.80. The van der Waals surface area contributed by atoms with E-state index >= 15 is 0 Å². The molecule has 0 aliphatic carbocycles. The normalized spacial score (nSPS) is 14.5. The van der Waals surface area contributed by atoms with Crippen LogP contribution >= 0.6 is 0 Å². The first-order chi connectivity index (χ1) is 13.8. The number of furan rings is 1. The van der Waals surface area contributed by atoms with Crippen molar-refractivity contribution in [2.24, 2.45) is 0 Å². The highest BCUT2D eigenvalue weighted by Gasteiger charge is 2.32. The molecule has 1 aliphatic rings. The van der Waals surface area contributed by atoms with E-state index in [9.17, 15) is 9.59 Å². The van der Waals surface area contributed by atoms with E-state index in [0.29, 0.717) is 24.6 Å². The van der Waals surface area contributed by atoms with Gasteiger partial charge in [-0.2, -0.15) is 0 Å². The molecule has 0 saturated heterocycles. The number of carbonyl (C=O) groups excluding carboxylic acids is 2. The van der Waals surface area contributed by atoms with Crippen LogP contribution in [0.4, 0.5) is 0 Å². The molecule has 1 aliphatic heterocycles. The highest BCUT2D eigenvalue weighted by molar-refractivity contribution is 5.92. The molecule has 0 unspecified atom stereocenters. The van der Waals surface area contributed by atoms with Crippen molar-refractivity contribution in [3.63, 3.8) is 0 Å². The van der Waals surface area contributed by atoms with E-state index < -0.39 is 11.6 Å². The predicted molar refractivity (Wildman–Crippen MR) is 110 cm³/mol. The quantitative estimate of drug-likeness (QED) is 0.679. The Morgan fingerprint density at radius 1 is 1.17 bits per heavy atom. The topological polar surface area (TPSA) is 69.0 Å². The van der Waals surface area contributed by atoms with Gasteiger partial charge in [-0.25, -0.2) is 4.79 Å². The summed E-state index contributed by atoms with van der Waals surface area (Å²) in [6.45, 7) is 8.15. The van der Waals surface area contributed by atoms with E-state index in [1.54, 1.807) is 30.9 Å². The van der Waals surface area contributed by atoms with Crippen LogP contribution in [0, 0.1) is 0 Å². The van der Waals surface area contributed by atoms with Crippen molar-refractivity contribution in [2.45, 2.75) is 45.8 Å². The summed E-state index contributed by atoms with van der Waals surface area (Å²) in [6.07, 6.45) is 4.08. The summed E-state index contributed by atoms with van der Waals surface area (Å²) in [4.78, 5) is 26.4. The van der Waals surface area contributed by atoms with Crippen LogP contribution in [0.5, 0.6) is 5.75 Å². The third-order valence-electron chi connectivity index (χ3n) is 4.64. The molecule has 1 amide bonds. The number of ether oxygens (including phenoxy) is 2. The number of carbonyl (C=O) groups is 2. The summed E-state index contributed by atoms with van der Waals surface area (Å²) in [5.74, 6) is 0.450. The van der Waals surface area contributed by atoms with Gasteiger partial charge in [0.15, 0.2) is 11.4 Å². The van der Waals surface area contributed by atoms with Crippen LogP contribution in [-0.2, 0) is 9.53 Å². The van der Waals surface area contributed by atoms with Gasteiger partial charge in [0.05, 0.1) is 12.4 Å². The van der Waals surface area contributed by atoms with Gasteiger partial charge in [-0.15, -0.1) is 0 Å². The summed E-state index contributed by atoms with van der Waals surface area (Å²) in [5, 5.41) is 0. The monoisotopic (exact) mass is 397 g/mol. The first-order valence-electron chi connectivity index (χ1n) is 9.78. The molecule has 1 aromatic carbocycles. The van der Waals surface area contributed by atoms with Gasteiger partial charge in [0.2, 0.25) is 0 Å². The number of nitrogens with zero attached hydrogens (tertiary/aromatic N) is 1. The first-order valence-corrected chi connectivity index (χ1v) is 9.78. The van der Waals surface area contributed by atoms with Crippen LogP contribution in [0.15, 0.2) is 53.2 Å². The van der Waals surface area contributed by atoms with Gasteiger partial charge in [0.25, 0.3) is 5.91 Å². The maximum atomic E-state index is 12.4. The molecule has 0 N–H and O–H groups in total. The highest BCUT2D eigenvalue weighted by Crippen LogP contribution is 2.28. The third-order valence-corrected chi connectivity index (χ3v) is 4.64. The minimum atomic E-state index is -1.09. The Hall–Kier alpha value is -3.02. The summed E-state index contributed by atoms with van der Waals surface area (Å²) in [6, 6.07) is 11.0. The molecular formula is C23H27NO5. The van der Waals surface area contributed by atoms with E-state index in [4.69, 9.17) is 13.9 Å². The Morgan fingerprint density at radius 3 is 2.59 bits per heavy atom. The average molecular weight is 397 g/mol. The molecule has 2 aromatic rings. The van der Waals surface area contributed by atoms with Crippen molar-refractivity contribution >= 4 is 17.4 Å². The zero-order valence-electron chi connectivity index (χ0n) is 17.3. The molecule has 29 heavy (non-hydrogen) atoms. The fraction of sp³-hybridized carbons (Fsp3) is 0.391. The summed E-state index contributed by atoms with van der Waals surface area (Å²) >= 11 is 0. The lowest BCUT2D eigenvalue weighted by molar-refractivity contribution is -0.163. The molecule has 6 heteroatoms. The SMILES string of the molecule is CC(C)OC(=O)C(C)(C)Oc1cccc(C2=CCN(C(=O)c3ccco3)CC2)c1. The second kappa shape index (κ2) is 8.55. The van der Waals surface area contributed by atoms with E-state index in [1.165, 1.54) is 6.26 Å².